The summed E-state index contributed by atoms with van der Waals surface area (Å²) in [6, 6.07) is 5.35. The van der Waals surface area contributed by atoms with E-state index >= 15 is 0 Å². The van der Waals surface area contributed by atoms with Crippen LogP contribution in [0.4, 0.5) is 0 Å². The molecule has 2 aliphatic rings. The predicted molar refractivity (Wildman–Crippen MR) is 90.9 cm³/mol. The van der Waals surface area contributed by atoms with Crippen molar-refractivity contribution in [3.05, 3.63) is 28.8 Å². The van der Waals surface area contributed by atoms with Crippen LogP contribution in [0.2, 0.25) is 5.02 Å². The molecule has 2 aliphatic heterocycles. The summed E-state index contributed by atoms with van der Waals surface area (Å²) in [7, 11) is -3.47. The Balaban J connectivity index is 1.80. The van der Waals surface area contributed by atoms with Gasteiger partial charge in [0.15, 0.2) is 0 Å². The molecular formula is C16H23ClN2O3S. The van der Waals surface area contributed by atoms with Crippen molar-refractivity contribution in [3.63, 3.8) is 0 Å². The van der Waals surface area contributed by atoms with Crippen molar-refractivity contribution in [2.24, 2.45) is 5.41 Å². The van der Waals surface area contributed by atoms with E-state index in [4.69, 9.17) is 16.3 Å². The van der Waals surface area contributed by atoms with Crippen LogP contribution >= 0.6 is 11.6 Å². The molecule has 0 N–H and O–H groups in total. The molecule has 0 amide bonds. The second-order valence-electron chi connectivity index (χ2n) is 7.01. The average Bonchev–Trinajstić information content (AvgIpc) is 2.69. The van der Waals surface area contributed by atoms with E-state index in [9.17, 15) is 8.42 Å². The van der Waals surface area contributed by atoms with Crippen LogP contribution in [-0.2, 0) is 16.8 Å². The molecule has 3 rings (SSSR count). The lowest BCUT2D eigenvalue weighted by Crippen LogP contribution is -2.48. The van der Waals surface area contributed by atoms with Crippen LogP contribution in [0.5, 0.6) is 5.75 Å². The van der Waals surface area contributed by atoms with Gasteiger partial charge in [0.1, 0.15) is 12.4 Å². The van der Waals surface area contributed by atoms with Gasteiger partial charge >= 0.3 is 0 Å². The first kappa shape index (κ1) is 17.0. The Morgan fingerprint density at radius 1 is 1.13 bits per heavy atom. The highest BCUT2D eigenvalue weighted by Crippen LogP contribution is 2.33. The third kappa shape index (κ3) is 3.65. The molecule has 0 unspecified atom stereocenters. The van der Waals surface area contributed by atoms with E-state index in [2.05, 4.69) is 13.8 Å². The molecule has 0 aliphatic carbocycles. The van der Waals surface area contributed by atoms with E-state index in [0.29, 0.717) is 43.6 Å². The largest absolute Gasteiger partial charge is 0.492 e. The lowest BCUT2D eigenvalue weighted by molar-refractivity contribution is 0.185. The Morgan fingerprint density at radius 3 is 2.52 bits per heavy atom. The summed E-state index contributed by atoms with van der Waals surface area (Å²) in [5.41, 5.74) is 1.03. The van der Waals surface area contributed by atoms with E-state index in [0.717, 1.165) is 18.4 Å². The van der Waals surface area contributed by atoms with Crippen molar-refractivity contribution in [1.82, 2.24) is 8.61 Å². The van der Waals surface area contributed by atoms with E-state index in [1.54, 1.807) is 22.5 Å². The van der Waals surface area contributed by atoms with Gasteiger partial charge in [0.25, 0.3) is 10.2 Å². The Labute approximate surface area is 143 Å². The maximum Gasteiger partial charge on any atom is 0.282 e. The van der Waals surface area contributed by atoms with E-state index in [1.165, 1.54) is 4.31 Å². The second-order valence-corrected chi connectivity index (χ2v) is 9.37. The van der Waals surface area contributed by atoms with Gasteiger partial charge in [-0.25, -0.2) is 0 Å². The van der Waals surface area contributed by atoms with Gasteiger partial charge in [-0.2, -0.15) is 17.0 Å². The smallest absolute Gasteiger partial charge is 0.282 e. The fourth-order valence-electron chi connectivity index (χ4n) is 3.02. The van der Waals surface area contributed by atoms with Gasteiger partial charge in [0.2, 0.25) is 0 Å². The van der Waals surface area contributed by atoms with Crippen LogP contribution in [0, 0.1) is 5.41 Å². The third-order valence-electron chi connectivity index (χ3n) is 4.70. The topological polar surface area (TPSA) is 49.9 Å². The summed E-state index contributed by atoms with van der Waals surface area (Å²) in [6.07, 6.45) is 1.78. The minimum atomic E-state index is -3.47. The zero-order valence-electron chi connectivity index (χ0n) is 13.6. The van der Waals surface area contributed by atoms with Gasteiger partial charge < -0.3 is 4.74 Å². The monoisotopic (exact) mass is 358 g/mol. The molecule has 1 saturated heterocycles. The van der Waals surface area contributed by atoms with Crippen molar-refractivity contribution < 1.29 is 13.2 Å². The number of piperidine rings is 1. The first-order valence-electron chi connectivity index (χ1n) is 7.94. The normalized spacial score (nSPS) is 22.9. The number of halogens is 1. The number of hydrogen-bond acceptors (Lipinski definition) is 3. The van der Waals surface area contributed by atoms with E-state index in [1.807, 2.05) is 0 Å². The van der Waals surface area contributed by atoms with Crippen molar-refractivity contribution in [1.29, 1.82) is 0 Å². The molecular weight excluding hydrogens is 336 g/mol. The molecule has 2 heterocycles. The highest BCUT2D eigenvalue weighted by molar-refractivity contribution is 7.86. The standard InChI is InChI=1S/C16H23ClN2O3S/c1-16(2)5-7-18(8-6-16)23(20,21)19-9-10-22-15-4-3-14(17)11-13(15)12-19/h3-4,11H,5-10,12H2,1-2H3. The number of rotatable bonds is 2. The molecule has 1 aromatic carbocycles. The summed E-state index contributed by atoms with van der Waals surface area (Å²) in [5.74, 6) is 0.715. The molecule has 0 atom stereocenters. The fourth-order valence-corrected chi connectivity index (χ4v) is 4.79. The van der Waals surface area contributed by atoms with Crippen LogP contribution in [0.3, 0.4) is 0 Å². The molecule has 0 saturated carbocycles. The molecule has 1 fully saturated rings. The molecule has 0 bridgehead atoms. The first-order chi connectivity index (χ1) is 10.8. The van der Waals surface area contributed by atoms with Crippen LogP contribution in [0.25, 0.3) is 0 Å². The zero-order valence-corrected chi connectivity index (χ0v) is 15.2. The molecule has 7 heteroatoms. The fraction of sp³-hybridized carbons (Fsp3) is 0.625. The summed E-state index contributed by atoms with van der Waals surface area (Å²) in [4.78, 5) is 0. The molecule has 0 spiro atoms. The quantitative estimate of drug-likeness (QED) is 0.816. The van der Waals surface area contributed by atoms with Crippen LogP contribution in [-0.4, -0.2) is 43.3 Å². The lowest BCUT2D eigenvalue weighted by Gasteiger charge is -2.38. The molecule has 23 heavy (non-hydrogen) atoms. The average molecular weight is 359 g/mol. The van der Waals surface area contributed by atoms with Gasteiger partial charge in [-0.3, -0.25) is 0 Å². The maximum atomic E-state index is 13.0. The van der Waals surface area contributed by atoms with E-state index in [-0.39, 0.29) is 5.41 Å². The van der Waals surface area contributed by atoms with Crippen molar-refractivity contribution in [3.8, 4) is 5.75 Å². The van der Waals surface area contributed by atoms with Crippen LogP contribution in [0.15, 0.2) is 18.2 Å². The summed E-state index contributed by atoms with van der Waals surface area (Å²) in [6.45, 7) is 6.55. The van der Waals surface area contributed by atoms with Gasteiger partial charge in [0.05, 0.1) is 0 Å². The number of nitrogens with zero attached hydrogens (tertiary/aromatic N) is 2. The van der Waals surface area contributed by atoms with Crippen molar-refractivity contribution in [2.75, 3.05) is 26.2 Å². The molecule has 0 aromatic heterocycles. The number of ether oxygens (including phenoxy) is 1. The van der Waals surface area contributed by atoms with Crippen LogP contribution in [0.1, 0.15) is 32.3 Å². The molecule has 1 aromatic rings. The summed E-state index contributed by atoms with van der Waals surface area (Å²) >= 11 is 6.04. The van der Waals surface area contributed by atoms with Gasteiger partial charge in [0, 0.05) is 36.8 Å². The third-order valence-corrected chi connectivity index (χ3v) is 6.91. The number of benzene rings is 1. The second kappa shape index (κ2) is 6.24. The lowest BCUT2D eigenvalue weighted by atomic mass is 9.83. The number of hydrogen-bond donors (Lipinski definition) is 0. The Morgan fingerprint density at radius 2 is 1.83 bits per heavy atom. The van der Waals surface area contributed by atoms with Gasteiger partial charge in [-0.15, -0.1) is 0 Å². The Kier molecular flexibility index (Phi) is 4.62. The summed E-state index contributed by atoms with van der Waals surface area (Å²) in [5, 5.41) is 0.589. The Bertz CT molecular complexity index is 681. The minimum absolute atomic E-state index is 0.216. The Hall–Kier alpha value is -0.820. The summed E-state index contributed by atoms with van der Waals surface area (Å²) < 4.78 is 34.7. The maximum absolute atomic E-state index is 13.0. The zero-order chi connectivity index (χ0) is 16.7. The molecule has 128 valence electrons. The van der Waals surface area contributed by atoms with Gasteiger partial charge in [-0.05, 0) is 36.5 Å². The van der Waals surface area contributed by atoms with Gasteiger partial charge in [-0.1, -0.05) is 25.4 Å². The highest BCUT2D eigenvalue weighted by Gasteiger charge is 2.36. The molecule has 5 nitrogen and oxygen atoms in total. The predicted octanol–water partition coefficient (Wildman–Crippen LogP) is 2.90. The first-order valence-corrected chi connectivity index (χ1v) is 9.72. The SMILES string of the molecule is CC1(C)CCN(S(=O)(=O)N2CCOc3ccc(Cl)cc3C2)CC1. The highest BCUT2D eigenvalue weighted by atomic mass is 35.5. The van der Waals surface area contributed by atoms with Crippen molar-refractivity contribution >= 4 is 21.8 Å². The molecule has 0 radical (unpaired) electrons. The van der Waals surface area contributed by atoms with Crippen LogP contribution < -0.4 is 4.74 Å². The minimum Gasteiger partial charge on any atom is -0.492 e. The number of fused-ring (bicyclic) bond motifs is 1. The van der Waals surface area contributed by atoms with Crippen molar-refractivity contribution in [2.45, 2.75) is 33.2 Å². The van der Waals surface area contributed by atoms with E-state index < -0.39 is 10.2 Å².